The molecule has 0 bridgehead atoms. The summed E-state index contributed by atoms with van der Waals surface area (Å²) in [5.41, 5.74) is 4.40. The van der Waals surface area contributed by atoms with Crippen molar-refractivity contribution in [3.05, 3.63) is 53.3 Å². The fraction of sp³-hybridized carbons (Fsp3) is 0.222. The van der Waals surface area contributed by atoms with Gasteiger partial charge in [0, 0.05) is 5.56 Å². The maximum Gasteiger partial charge on any atom is 0.263 e. The summed E-state index contributed by atoms with van der Waals surface area (Å²) in [7, 11) is 3.11. The minimum atomic E-state index is -0.156. The zero-order valence-electron chi connectivity index (χ0n) is 13.6. The molecule has 3 aromatic rings. The van der Waals surface area contributed by atoms with E-state index < -0.39 is 0 Å². The molecule has 0 fully saturated rings. The van der Waals surface area contributed by atoms with Gasteiger partial charge in [0.1, 0.15) is 6.33 Å². The number of ether oxygens (including phenoxy) is 2. The monoisotopic (exact) mass is 310 g/mol. The minimum absolute atomic E-state index is 0.156. The summed E-state index contributed by atoms with van der Waals surface area (Å²) >= 11 is 0. The van der Waals surface area contributed by atoms with Crippen LogP contribution in [0.2, 0.25) is 0 Å². The van der Waals surface area contributed by atoms with E-state index in [2.05, 4.69) is 4.98 Å². The van der Waals surface area contributed by atoms with Gasteiger partial charge in [-0.2, -0.15) is 0 Å². The zero-order chi connectivity index (χ0) is 16.6. The molecule has 118 valence electrons. The summed E-state index contributed by atoms with van der Waals surface area (Å²) in [5.74, 6) is 0.956. The molecule has 0 aliphatic rings. The lowest BCUT2D eigenvalue weighted by Gasteiger charge is -2.10. The number of hydrogen-bond donors (Lipinski definition) is 0. The van der Waals surface area contributed by atoms with Crippen molar-refractivity contribution in [1.29, 1.82) is 0 Å². The molecule has 1 heterocycles. The lowest BCUT2D eigenvalue weighted by Crippen LogP contribution is -2.11. The first-order valence-electron chi connectivity index (χ1n) is 7.26. The van der Waals surface area contributed by atoms with Gasteiger partial charge in [-0.1, -0.05) is 0 Å². The van der Waals surface area contributed by atoms with E-state index in [4.69, 9.17) is 9.47 Å². The van der Waals surface area contributed by atoms with E-state index in [-0.39, 0.29) is 5.91 Å². The molecular weight excluding hydrogens is 292 g/mol. The lowest BCUT2D eigenvalue weighted by atomic mass is 10.1. The number of carbonyl (C=O) groups excluding carboxylic acids is 1. The minimum Gasteiger partial charge on any atom is -0.493 e. The standard InChI is InChI=1S/C18H18N2O3/c1-11-7-14-15(8-12(11)2)20(10-19-14)18(21)13-5-6-16(22-3)17(9-13)23-4/h5-10H,1-4H3. The molecule has 0 radical (unpaired) electrons. The molecular formula is C18H18N2O3. The highest BCUT2D eigenvalue weighted by atomic mass is 16.5. The second kappa shape index (κ2) is 5.76. The van der Waals surface area contributed by atoms with Crippen LogP contribution in [0, 0.1) is 13.8 Å². The van der Waals surface area contributed by atoms with Gasteiger partial charge >= 0.3 is 0 Å². The van der Waals surface area contributed by atoms with Crippen LogP contribution in [-0.4, -0.2) is 29.7 Å². The van der Waals surface area contributed by atoms with E-state index in [0.29, 0.717) is 17.1 Å². The molecule has 5 heteroatoms. The highest BCUT2D eigenvalue weighted by molar-refractivity contribution is 6.01. The van der Waals surface area contributed by atoms with Gasteiger partial charge in [-0.05, 0) is 55.3 Å². The Kier molecular flexibility index (Phi) is 3.78. The van der Waals surface area contributed by atoms with Gasteiger partial charge in [0.25, 0.3) is 5.91 Å². The molecule has 0 saturated carbocycles. The molecule has 0 spiro atoms. The predicted octanol–water partition coefficient (Wildman–Crippen LogP) is 3.36. The Labute approximate surface area is 134 Å². The van der Waals surface area contributed by atoms with Gasteiger partial charge in [-0.25, -0.2) is 4.98 Å². The Hall–Kier alpha value is -2.82. The number of hydrogen-bond acceptors (Lipinski definition) is 4. The summed E-state index contributed by atoms with van der Waals surface area (Å²) in [6.07, 6.45) is 1.56. The van der Waals surface area contributed by atoms with Crippen LogP contribution in [-0.2, 0) is 0 Å². The number of fused-ring (bicyclic) bond motifs is 1. The molecule has 0 N–H and O–H groups in total. The van der Waals surface area contributed by atoms with Gasteiger partial charge in [-0.15, -0.1) is 0 Å². The van der Waals surface area contributed by atoms with Crippen molar-refractivity contribution in [2.24, 2.45) is 0 Å². The van der Waals surface area contributed by atoms with Crippen molar-refractivity contribution in [3.8, 4) is 11.5 Å². The fourth-order valence-electron chi connectivity index (χ4n) is 2.53. The van der Waals surface area contributed by atoms with Gasteiger partial charge in [0.05, 0.1) is 25.3 Å². The van der Waals surface area contributed by atoms with Gasteiger partial charge in [-0.3, -0.25) is 9.36 Å². The Morgan fingerprint density at radius 3 is 2.39 bits per heavy atom. The maximum atomic E-state index is 12.8. The number of carbonyl (C=O) groups is 1. The van der Waals surface area contributed by atoms with Crippen molar-refractivity contribution >= 4 is 16.9 Å². The normalized spacial score (nSPS) is 10.8. The molecule has 0 amide bonds. The van der Waals surface area contributed by atoms with Crippen molar-refractivity contribution in [2.75, 3.05) is 14.2 Å². The second-order valence-electron chi connectivity index (χ2n) is 5.41. The molecule has 0 unspecified atom stereocenters. The van der Waals surface area contributed by atoms with Crippen molar-refractivity contribution in [3.63, 3.8) is 0 Å². The number of nitrogens with zero attached hydrogens (tertiary/aromatic N) is 2. The predicted molar refractivity (Wildman–Crippen MR) is 88.5 cm³/mol. The Bertz CT molecular complexity index is 897. The Morgan fingerprint density at radius 1 is 1.00 bits per heavy atom. The zero-order valence-corrected chi connectivity index (χ0v) is 13.6. The quantitative estimate of drug-likeness (QED) is 0.744. The molecule has 0 saturated heterocycles. The van der Waals surface area contributed by atoms with E-state index in [0.717, 1.165) is 22.2 Å². The topological polar surface area (TPSA) is 53.4 Å². The third-order valence-electron chi connectivity index (χ3n) is 4.01. The van der Waals surface area contributed by atoms with E-state index in [1.165, 1.54) is 0 Å². The van der Waals surface area contributed by atoms with Crippen LogP contribution in [0.25, 0.3) is 11.0 Å². The first-order chi connectivity index (χ1) is 11.0. The highest BCUT2D eigenvalue weighted by Crippen LogP contribution is 2.28. The number of methoxy groups -OCH3 is 2. The smallest absolute Gasteiger partial charge is 0.263 e. The molecule has 23 heavy (non-hydrogen) atoms. The van der Waals surface area contributed by atoms with E-state index in [9.17, 15) is 4.79 Å². The van der Waals surface area contributed by atoms with E-state index >= 15 is 0 Å². The highest BCUT2D eigenvalue weighted by Gasteiger charge is 2.15. The van der Waals surface area contributed by atoms with Gasteiger partial charge < -0.3 is 9.47 Å². The van der Waals surface area contributed by atoms with E-state index in [1.807, 2.05) is 26.0 Å². The SMILES string of the molecule is COc1ccc(C(=O)n2cnc3cc(C)c(C)cc32)cc1OC. The summed E-state index contributed by atoms with van der Waals surface area (Å²) in [5, 5.41) is 0. The first-order valence-corrected chi connectivity index (χ1v) is 7.26. The fourth-order valence-corrected chi connectivity index (χ4v) is 2.53. The van der Waals surface area contributed by atoms with Crippen molar-refractivity contribution in [1.82, 2.24) is 9.55 Å². The van der Waals surface area contributed by atoms with Crippen LogP contribution >= 0.6 is 0 Å². The molecule has 3 rings (SSSR count). The summed E-state index contributed by atoms with van der Waals surface area (Å²) in [4.78, 5) is 17.1. The van der Waals surface area contributed by atoms with Crippen LogP contribution in [0.1, 0.15) is 21.5 Å². The summed E-state index contributed by atoms with van der Waals surface area (Å²) < 4.78 is 12.0. The molecule has 0 atom stereocenters. The molecule has 1 aromatic heterocycles. The number of aromatic nitrogens is 2. The molecule has 2 aromatic carbocycles. The Morgan fingerprint density at radius 2 is 1.70 bits per heavy atom. The van der Waals surface area contributed by atoms with Gasteiger partial charge in [0.2, 0.25) is 0 Å². The Balaban J connectivity index is 2.09. The van der Waals surface area contributed by atoms with E-state index in [1.54, 1.807) is 43.3 Å². The number of aryl methyl sites for hydroxylation is 2. The van der Waals surface area contributed by atoms with Crippen LogP contribution in [0.15, 0.2) is 36.7 Å². The number of rotatable bonds is 3. The second-order valence-corrected chi connectivity index (χ2v) is 5.41. The number of imidazole rings is 1. The van der Waals surface area contributed by atoms with Crippen LogP contribution in [0.5, 0.6) is 11.5 Å². The third-order valence-corrected chi connectivity index (χ3v) is 4.01. The summed E-state index contributed by atoms with van der Waals surface area (Å²) in [6, 6.07) is 9.09. The van der Waals surface area contributed by atoms with Gasteiger partial charge in [0.15, 0.2) is 11.5 Å². The van der Waals surface area contributed by atoms with Crippen LogP contribution in [0.4, 0.5) is 0 Å². The van der Waals surface area contributed by atoms with Crippen molar-refractivity contribution in [2.45, 2.75) is 13.8 Å². The average molecular weight is 310 g/mol. The summed E-state index contributed by atoms with van der Waals surface area (Å²) in [6.45, 7) is 4.05. The lowest BCUT2D eigenvalue weighted by molar-refractivity contribution is 0.0964. The number of benzene rings is 2. The van der Waals surface area contributed by atoms with Crippen molar-refractivity contribution < 1.29 is 14.3 Å². The molecule has 0 aliphatic carbocycles. The maximum absolute atomic E-state index is 12.8. The van der Waals surface area contributed by atoms with Crippen LogP contribution in [0.3, 0.4) is 0 Å². The first kappa shape index (κ1) is 15.1. The largest absolute Gasteiger partial charge is 0.493 e. The molecule has 0 aliphatic heterocycles. The third kappa shape index (κ3) is 2.54. The van der Waals surface area contributed by atoms with Crippen LogP contribution < -0.4 is 9.47 Å². The average Bonchev–Trinajstić information content (AvgIpc) is 2.96. The molecule has 5 nitrogen and oxygen atoms in total.